The highest BCUT2D eigenvalue weighted by molar-refractivity contribution is 5.85. The van der Waals surface area contributed by atoms with Crippen molar-refractivity contribution in [3.8, 4) is 23.0 Å². The van der Waals surface area contributed by atoms with Crippen molar-refractivity contribution >= 4 is 12.1 Å². The SMILES string of the molecule is COc1ccc(/C=N/NC(=O)C2CC(c3ccc(OC(C)C)c(OC)c3)NN2)cc1OC. The number of hydrogen-bond acceptors (Lipinski definition) is 8. The van der Waals surface area contributed by atoms with Gasteiger partial charge in [-0.1, -0.05) is 6.07 Å². The first-order chi connectivity index (χ1) is 15.4. The van der Waals surface area contributed by atoms with E-state index in [4.69, 9.17) is 18.9 Å². The molecule has 9 nitrogen and oxygen atoms in total. The minimum atomic E-state index is -0.430. The number of hydrazine groups is 1. The Balaban J connectivity index is 1.58. The van der Waals surface area contributed by atoms with Gasteiger partial charge < -0.3 is 18.9 Å². The van der Waals surface area contributed by atoms with Crippen molar-refractivity contribution in [3.63, 3.8) is 0 Å². The summed E-state index contributed by atoms with van der Waals surface area (Å²) < 4.78 is 21.7. The normalized spacial score (nSPS) is 18.1. The number of methoxy groups -OCH3 is 3. The van der Waals surface area contributed by atoms with Crippen LogP contribution in [-0.4, -0.2) is 45.6 Å². The first-order valence-electron chi connectivity index (χ1n) is 10.4. The van der Waals surface area contributed by atoms with Crippen LogP contribution < -0.4 is 35.2 Å². The van der Waals surface area contributed by atoms with Crippen LogP contribution in [0.2, 0.25) is 0 Å². The fraction of sp³-hybridized carbons (Fsp3) is 0.391. The van der Waals surface area contributed by atoms with Crippen LogP contribution in [0.15, 0.2) is 41.5 Å². The molecule has 2 unspecified atom stereocenters. The zero-order chi connectivity index (χ0) is 23.1. The van der Waals surface area contributed by atoms with E-state index in [-0.39, 0.29) is 18.1 Å². The third-order valence-corrected chi connectivity index (χ3v) is 4.97. The van der Waals surface area contributed by atoms with Gasteiger partial charge in [-0.2, -0.15) is 5.10 Å². The van der Waals surface area contributed by atoms with E-state index in [0.29, 0.717) is 29.4 Å². The third kappa shape index (κ3) is 5.68. The molecule has 0 bridgehead atoms. The van der Waals surface area contributed by atoms with Gasteiger partial charge in [0.2, 0.25) is 0 Å². The number of nitrogens with zero attached hydrogens (tertiary/aromatic N) is 1. The zero-order valence-corrected chi connectivity index (χ0v) is 19.0. The molecule has 2 aromatic carbocycles. The smallest absolute Gasteiger partial charge is 0.258 e. The molecule has 2 atom stereocenters. The van der Waals surface area contributed by atoms with Crippen LogP contribution in [0.5, 0.6) is 23.0 Å². The standard InChI is InChI=1S/C23H30N4O5/c1-14(2)32-20-9-7-16(11-22(20)31-5)17-12-18(26-25-17)23(28)27-24-13-15-6-8-19(29-3)21(10-15)30-4/h6-11,13-14,17-18,25-26H,12H2,1-5H3,(H,27,28)/b24-13+. The molecule has 9 heteroatoms. The quantitative estimate of drug-likeness (QED) is 0.405. The summed E-state index contributed by atoms with van der Waals surface area (Å²) in [4.78, 5) is 12.5. The highest BCUT2D eigenvalue weighted by Crippen LogP contribution is 2.33. The molecule has 1 fully saturated rings. The van der Waals surface area contributed by atoms with Crippen molar-refractivity contribution in [3.05, 3.63) is 47.5 Å². The molecule has 0 aliphatic carbocycles. The van der Waals surface area contributed by atoms with Crippen molar-refractivity contribution in [2.45, 2.75) is 38.5 Å². The van der Waals surface area contributed by atoms with E-state index in [2.05, 4.69) is 21.4 Å². The largest absolute Gasteiger partial charge is 0.493 e. The molecule has 0 radical (unpaired) electrons. The lowest BCUT2D eigenvalue weighted by molar-refractivity contribution is -0.122. The Labute approximate surface area is 188 Å². The van der Waals surface area contributed by atoms with Gasteiger partial charge in [0.15, 0.2) is 23.0 Å². The lowest BCUT2D eigenvalue weighted by atomic mass is 10.0. The van der Waals surface area contributed by atoms with E-state index < -0.39 is 6.04 Å². The van der Waals surface area contributed by atoms with E-state index in [9.17, 15) is 4.79 Å². The maximum atomic E-state index is 12.5. The number of ether oxygens (including phenoxy) is 4. The van der Waals surface area contributed by atoms with Crippen LogP contribution in [0, 0.1) is 0 Å². The molecule has 0 aromatic heterocycles. The average molecular weight is 443 g/mol. The summed E-state index contributed by atoms with van der Waals surface area (Å²) in [6.07, 6.45) is 2.16. The Morgan fingerprint density at radius 3 is 2.38 bits per heavy atom. The number of rotatable bonds is 9. The Hall–Kier alpha value is -3.30. The minimum Gasteiger partial charge on any atom is -0.493 e. The number of amides is 1. The molecule has 1 aliphatic rings. The van der Waals surface area contributed by atoms with Gasteiger partial charge in [-0.3, -0.25) is 4.79 Å². The van der Waals surface area contributed by atoms with Crippen LogP contribution in [0.25, 0.3) is 0 Å². The molecular weight excluding hydrogens is 412 g/mol. The number of nitrogens with one attached hydrogen (secondary N) is 3. The number of hydrazone groups is 1. The summed E-state index contributed by atoms with van der Waals surface area (Å²) in [6.45, 7) is 3.93. The second kappa shape index (κ2) is 10.8. The summed E-state index contributed by atoms with van der Waals surface area (Å²) in [7, 11) is 4.75. The number of carbonyl (C=O) groups is 1. The minimum absolute atomic E-state index is 0.0497. The third-order valence-electron chi connectivity index (χ3n) is 4.97. The molecule has 0 saturated carbocycles. The summed E-state index contributed by atoms with van der Waals surface area (Å²) in [5.41, 5.74) is 10.5. The Morgan fingerprint density at radius 2 is 1.69 bits per heavy atom. The van der Waals surface area contributed by atoms with E-state index in [1.807, 2.05) is 38.1 Å². The average Bonchev–Trinajstić information content (AvgIpc) is 3.29. The zero-order valence-electron chi connectivity index (χ0n) is 19.0. The first-order valence-corrected chi connectivity index (χ1v) is 10.4. The van der Waals surface area contributed by atoms with Crippen LogP contribution in [0.4, 0.5) is 0 Å². The Morgan fingerprint density at radius 1 is 1.00 bits per heavy atom. The first kappa shape index (κ1) is 23.4. The van der Waals surface area contributed by atoms with Crippen LogP contribution >= 0.6 is 0 Å². The number of carbonyl (C=O) groups excluding carboxylic acids is 1. The van der Waals surface area contributed by atoms with Crippen LogP contribution in [0.3, 0.4) is 0 Å². The molecule has 0 spiro atoms. The summed E-state index contributed by atoms with van der Waals surface area (Å²) in [6, 6.07) is 10.7. The van der Waals surface area contributed by atoms with Gasteiger partial charge in [0, 0.05) is 6.04 Å². The molecule has 2 aromatic rings. The number of benzene rings is 2. The second-order valence-corrected chi connectivity index (χ2v) is 7.56. The van der Waals surface area contributed by atoms with Gasteiger partial charge in [-0.05, 0) is 61.7 Å². The van der Waals surface area contributed by atoms with E-state index in [0.717, 1.165) is 11.1 Å². The van der Waals surface area contributed by atoms with E-state index in [1.54, 1.807) is 39.7 Å². The van der Waals surface area contributed by atoms with Crippen molar-refractivity contribution in [1.82, 2.24) is 16.3 Å². The summed E-state index contributed by atoms with van der Waals surface area (Å²) in [5.74, 6) is 2.33. The van der Waals surface area contributed by atoms with Crippen molar-refractivity contribution in [2.75, 3.05) is 21.3 Å². The lowest BCUT2D eigenvalue weighted by Gasteiger charge is -2.16. The lowest BCUT2D eigenvalue weighted by Crippen LogP contribution is -2.41. The Kier molecular flexibility index (Phi) is 7.91. The monoisotopic (exact) mass is 442 g/mol. The molecule has 172 valence electrons. The predicted molar refractivity (Wildman–Crippen MR) is 121 cm³/mol. The molecule has 3 N–H and O–H groups in total. The molecular formula is C23H30N4O5. The van der Waals surface area contributed by atoms with Gasteiger partial charge in [0.05, 0.1) is 33.6 Å². The molecule has 1 heterocycles. The van der Waals surface area contributed by atoms with Gasteiger partial charge in [0.25, 0.3) is 5.91 Å². The highest BCUT2D eigenvalue weighted by Gasteiger charge is 2.30. The summed E-state index contributed by atoms with van der Waals surface area (Å²) in [5, 5.41) is 4.06. The second-order valence-electron chi connectivity index (χ2n) is 7.56. The fourth-order valence-corrected chi connectivity index (χ4v) is 3.38. The summed E-state index contributed by atoms with van der Waals surface area (Å²) >= 11 is 0. The fourth-order valence-electron chi connectivity index (χ4n) is 3.38. The molecule has 1 amide bonds. The molecule has 32 heavy (non-hydrogen) atoms. The van der Waals surface area contributed by atoms with Crippen LogP contribution in [-0.2, 0) is 4.79 Å². The van der Waals surface area contributed by atoms with Gasteiger partial charge in [0.1, 0.15) is 6.04 Å². The van der Waals surface area contributed by atoms with Crippen LogP contribution in [0.1, 0.15) is 37.4 Å². The molecule has 3 rings (SSSR count). The molecule has 1 aliphatic heterocycles. The van der Waals surface area contributed by atoms with Crippen molar-refractivity contribution in [2.24, 2.45) is 5.10 Å². The molecule has 1 saturated heterocycles. The van der Waals surface area contributed by atoms with Gasteiger partial charge in [-0.25, -0.2) is 16.3 Å². The van der Waals surface area contributed by atoms with Gasteiger partial charge >= 0.3 is 0 Å². The van der Waals surface area contributed by atoms with E-state index >= 15 is 0 Å². The maximum Gasteiger partial charge on any atom is 0.258 e. The van der Waals surface area contributed by atoms with E-state index in [1.165, 1.54) is 0 Å². The number of hydrogen-bond donors (Lipinski definition) is 3. The van der Waals surface area contributed by atoms with Crippen molar-refractivity contribution < 1.29 is 23.7 Å². The topological polar surface area (TPSA) is 102 Å². The predicted octanol–water partition coefficient (Wildman–Crippen LogP) is 2.56. The maximum absolute atomic E-state index is 12.5. The van der Waals surface area contributed by atoms with Gasteiger partial charge in [-0.15, -0.1) is 0 Å². The van der Waals surface area contributed by atoms with Crippen molar-refractivity contribution in [1.29, 1.82) is 0 Å². The Bertz CT molecular complexity index is 963. The highest BCUT2D eigenvalue weighted by atomic mass is 16.5.